The Morgan fingerprint density at radius 2 is 2.04 bits per heavy atom. The molecule has 2 N–H and O–H groups in total. The number of carbonyl (C=O) groups is 2. The highest BCUT2D eigenvalue weighted by molar-refractivity contribution is 6.07. The van der Waals surface area contributed by atoms with E-state index in [1.165, 1.54) is 4.90 Å². The first-order valence-corrected chi connectivity index (χ1v) is 8.19. The number of hydrogen-bond acceptors (Lipinski definition) is 3. The zero-order valence-electron chi connectivity index (χ0n) is 14.5. The van der Waals surface area contributed by atoms with Gasteiger partial charge < -0.3 is 19.9 Å². The molecule has 0 fully saturated rings. The van der Waals surface area contributed by atoms with Gasteiger partial charge in [0.15, 0.2) is 0 Å². The summed E-state index contributed by atoms with van der Waals surface area (Å²) >= 11 is 0. The molecule has 0 unspecified atom stereocenters. The van der Waals surface area contributed by atoms with Gasteiger partial charge in [-0.25, -0.2) is 0 Å². The van der Waals surface area contributed by atoms with Crippen LogP contribution in [0.15, 0.2) is 30.5 Å². The largest absolute Gasteiger partial charge is 0.379 e. The van der Waals surface area contributed by atoms with Gasteiger partial charge in [0.1, 0.15) is 0 Å². The molecule has 2 rings (SSSR count). The molecule has 130 valence electrons. The second-order valence-corrected chi connectivity index (χ2v) is 6.03. The fourth-order valence-electron chi connectivity index (χ4n) is 2.42. The van der Waals surface area contributed by atoms with Crippen LogP contribution >= 0.6 is 0 Å². The molecule has 1 heterocycles. The van der Waals surface area contributed by atoms with E-state index in [1.807, 2.05) is 38.1 Å². The molecule has 0 spiro atoms. The zero-order valence-corrected chi connectivity index (χ0v) is 14.5. The molecule has 2 aromatic rings. The molecule has 24 heavy (non-hydrogen) atoms. The lowest BCUT2D eigenvalue weighted by molar-refractivity contribution is -0.121. The molecular weight excluding hydrogens is 306 g/mol. The van der Waals surface area contributed by atoms with Crippen LogP contribution in [0, 0.1) is 0 Å². The van der Waals surface area contributed by atoms with Gasteiger partial charge in [-0.05, 0) is 26.3 Å². The average Bonchev–Trinajstić information content (AvgIpc) is 2.97. The van der Waals surface area contributed by atoms with E-state index in [0.29, 0.717) is 18.7 Å². The Hall–Kier alpha value is -2.34. The third-order valence-corrected chi connectivity index (χ3v) is 3.64. The zero-order chi connectivity index (χ0) is 17.5. The van der Waals surface area contributed by atoms with Gasteiger partial charge in [0.2, 0.25) is 5.91 Å². The third kappa shape index (κ3) is 4.83. The first kappa shape index (κ1) is 18.0. The topological polar surface area (TPSA) is 74.4 Å². The van der Waals surface area contributed by atoms with Crippen molar-refractivity contribution < 1.29 is 14.3 Å². The minimum atomic E-state index is -0.175. The number of carbonyl (C=O) groups excluding carboxylic acids is 2. The van der Waals surface area contributed by atoms with E-state index < -0.39 is 0 Å². The summed E-state index contributed by atoms with van der Waals surface area (Å²) in [5.74, 6) is -0.346. The lowest BCUT2D eigenvalue weighted by Crippen LogP contribution is -2.38. The van der Waals surface area contributed by atoms with Gasteiger partial charge in [-0.1, -0.05) is 18.2 Å². The van der Waals surface area contributed by atoms with Gasteiger partial charge in [0, 0.05) is 37.3 Å². The Morgan fingerprint density at radius 1 is 1.29 bits per heavy atom. The molecule has 2 amide bonds. The maximum atomic E-state index is 12.5. The van der Waals surface area contributed by atoms with E-state index >= 15 is 0 Å². The van der Waals surface area contributed by atoms with Crippen molar-refractivity contribution in [3.8, 4) is 0 Å². The molecule has 1 aromatic carbocycles. The molecule has 0 saturated carbocycles. The molecule has 0 aliphatic rings. The van der Waals surface area contributed by atoms with E-state index in [4.69, 9.17) is 4.74 Å². The second-order valence-electron chi connectivity index (χ2n) is 6.03. The fourth-order valence-corrected chi connectivity index (χ4v) is 2.42. The quantitative estimate of drug-likeness (QED) is 0.728. The summed E-state index contributed by atoms with van der Waals surface area (Å²) < 4.78 is 5.41. The monoisotopic (exact) mass is 331 g/mol. The SMILES string of the molecule is CC(C)OCCCNC(=O)CN(C)C(=O)c1c[nH]c2ccccc12. The number of para-hydroxylation sites is 1. The Balaban J connectivity index is 1.82. The number of benzene rings is 1. The van der Waals surface area contributed by atoms with Gasteiger partial charge >= 0.3 is 0 Å². The first-order chi connectivity index (χ1) is 11.5. The minimum absolute atomic E-state index is 0.0311. The van der Waals surface area contributed by atoms with Crippen LogP contribution in [0.3, 0.4) is 0 Å². The van der Waals surface area contributed by atoms with Crippen molar-refractivity contribution in [1.82, 2.24) is 15.2 Å². The summed E-state index contributed by atoms with van der Waals surface area (Å²) in [7, 11) is 1.63. The summed E-state index contributed by atoms with van der Waals surface area (Å²) in [5, 5.41) is 3.67. The second kappa shape index (κ2) is 8.49. The van der Waals surface area contributed by atoms with E-state index in [2.05, 4.69) is 10.3 Å². The highest BCUT2D eigenvalue weighted by Gasteiger charge is 2.18. The highest BCUT2D eigenvalue weighted by atomic mass is 16.5. The molecule has 6 heteroatoms. The summed E-state index contributed by atoms with van der Waals surface area (Å²) in [6, 6.07) is 7.60. The van der Waals surface area contributed by atoms with E-state index in [0.717, 1.165) is 17.3 Å². The van der Waals surface area contributed by atoms with Gasteiger partial charge in [0.25, 0.3) is 5.91 Å². The summed E-state index contributed by atoms with van der Waals surface area (Å²) in [4.78, 5) is 28.9. The van der Waals surface area contributed by atoms with Gasteiger partial charge in [-0.3, -0.25) is 9.59 Å². The third-order valence-electron chi connectivity index (χ3n) is 3.64. The summed E-state index contributed by atoms with van der Waals surface area (Å²) in [5.41, 5.74) is 1.48. The molecule has 0 saturated heterocycles. The van der Waals surface area contributed by atoms with Crippen molar-refractivity contribution in [1.29, 1.82) is 0 Å². The first-order valence-electron chi connectivity index (χ1n) is 8.19. The maximum absolute atomic E-state index is 12.5. The highest BCUT2D eigenvalue weighted by Crippen LogP contribution is 2.18. The number of likely N-dealkylation sites (N-methyl/N-ethyl adjacent to an activating group) is 1. The Labute approximate surface area is 142 Å². The van der Waals surface area contributed by atoms with Crippen LogP contribution in [-0.4, -0.2) is 54.5 Å². The predicted octanol–water partition coefficient (Wildman–Crippen LogP) is 2.17. The number of amides is 2. The Kier molecular flexibility index (Phi) is 6.37. The summed E-state index contributed by atoms with van der Waals surface area (Å²) in [6.45, 7) is 5.14. The van der Waals surface area contributed by atoms with Crippen molar-refractivity contribution in [3.63, 3.8) is 0 Å². The molecule has 1 aromatic heterocycles. The molecule has 0 aliphatic heterocycles. The van der Waals surface area contributed by atoms with E-state index in [9.17, 15) is 9.59 Å². The predicted molar refractivity (Wildman–Crippen MR) is 94.0 cm³/mol. The van der Waals surface area contributed by atoms with E-state index in [1.54, 1.807) is 13.2 Å². The van der Waals surface area contributed by atoms with Gasteiger partial charge in [-0.2, -0.15) is 0 Å². The summed E-state index contributed by atoms with van der Waals surface area (Å²) in [6.07, 6.45) is 2.63. The van der Waals surface area contributed by atoms with Gasteiger partial charge in [-0.15, -0.1) is 0 Å². The van der Waals surface area contributed by atoms with Crippen LogP contribution in [0.25, 0.3) is 10.9 Å². The number of rotatable bonds is 8. The smallest absolute Gasteiger partial charge is 0.256 e. The van der Waals surface area contributed by atoms with Crippen LogP contribution in [0.5, 0.6) is 0 Å². The number of ether oxygens (including phenoxy) is 1. The van der Waals surface area contributed by atoms with Crippen molar-refractivity contribution in [2.75, 3.05) is 26.7 Å². The van der Waals surface area contributed by atoms with Crippen LogP contribution in [0.1, 0.15) is 30.6 Å². The van der Waals surface area contributed by atoms with Crippen LogP contribution in [0.4, 0.5) is 0 Å². The lowest BCUT2D eigenvalue weighted by atomic mass is 10.1. The number of nitrogens with zero attached hydrogens (tertiary/aromatic N) is 1. The van der Waals surface area contributed by atoms with Crippen molar-refractivity contribution >= 4 is 22.7 Å². The lowest BCUT2D eigenvalue weighted by Gasteiger charge is -2.16. The molecular formula is C18H25N3O3. The number of hydrogen-bond donors (Lipinski definition) is 2. The van der Waals surface area contributed by atoms with Crippen LogP contribution in [0.2, 0.25) is 0 Å². The number of nitrogens with one attached hydrogen (secondary N) is 2. The van der Waals surface area contributed by atoms with Crippen molar-refractivity contribution in [2.24, 2.45) is 0 Å². The molecule has 0 bridgehead atoms. The molecule has 0 aliphatic carbocycles. The van der Waals surface area contributed by atoms with Crippen molar-refractivity contribution in [3.05, 3.63) is 36.0 Å². The minimum Gasteiger partial charge on any atom is -0.379 e. The average molecular weight is 331 g/mol. The Morgan fingerprint density at radius 3 is 2.79 bits per heavy atom. The molecule has 0 atom stereocenters. The molecule has 6 nitrogen and oxygen atoms in total. The number of H-pyrrole nitrogens is 1. The van der Waals surface area contributed by atoms with E-state index in [-0.39, 0.29) is 24.5 Å². The normalized spacial score (nSPS) is 11.0. The van der Waals surface area contributed by atoms with Crippen molar-refractivity contribution in [2.45, 2.75) is 26.4 Å². The number of fused-ring (bicyclic) bond motifs is 1. The fraction of sp³-hybridized carbons (Fsp3) is 0.444. The van der Waals surface area contributed by atoms with Crippen LogP contribution < -0.4 is 5.32 Å². The standard InChI is InChI=1S/C18H25N3O3/c1-13(2)24-10-6-9-19-17(22)12-21(3)18(23)15-11-20-16-8-5-4-7-14(15)16/h4-5,7-8,11,13,20H,6,9-10,12H2,1-3H3,(H,19,22). The molecule has 0 radical (unpaired) electrons. The Bertz CT molecular complexity index is 694. The number of aromatic amines is 1. The maximum Gasteiger partial charge on any atom is 0.256 e. The van der Waals surface area contributed by atoms with Gasteiger partial charge in [0.05, 0.1) is 18.2 Å². The van der Waals surface area contributed by atoms with Crippen LogP contribution in [-0.2, 0) is 9.53 Å². The number of aromatic nitrogens is 1.